The summed E-state index contributed by atoms with van der Waals surface area (Å²) in [5.74, 6) is 0.696. The number of methoxy groups -OCH3 is 1. The molecule has 0 heterocycles. The Bertz CT molecular complexity index is 689. The van der Waals surface area contributed by atoms with E-state index in [2.05, 4.69) is 5.32 Å². The van der Waals surface area contributed by atoms with Gasteiger partial charge in [-0.3, -0.25) is 4.79 Å². The number of nitrogens with one attached hydrogen (secondary N) is 1. The van der Waals surface area contributed by atoms with E-state index < -0.39 is 5.41 Å². The molecule has 2 aromatic rings. The van der Waals surface area contributed by atoms with Gasteiger partial charge in [0.05, 0.1) is 28.3 Å². The highest BCUT2D eigenvalue weighted by molar-refractivity contribution is 6.39. The standard InChI is InChI=1S/C17H15Cl2NO2/c1-22-12-7-5-11(6-8-12)17(9-10-17)16(21)20-15-13(18)3-2-4-14(15)19/h2-8H,9-10H2,1H3,(H,20,21). The molecule has 0 radical (unpaired) electrons. The fourth-order valence-corrected chi connectivity index (χ4v) is 3.02. The molecule has 0 spiro atoms. The van der Waals surface area contributed by atoms with Crippen molar-refractivity contribution in [2.24, 2.45) is 0 Å². The maximum atomic E-state index is 12.7. The zero-order chi connectivity index (χ0) is 15.7. The van der Waals surface area contributed by atoms with Crippen molar-refractivity contribution in [1.29, 1.82) is 0 Å². The molecule has 0 aliphatic heterocycles. The van der Waals surface area contributed by atoms with Crippen LogP contribution in [-0.2, 0) is 10.2 Å². The zero-order valence-corrected chi connectivity index (χ0v) is 13.5. The molecule has 22 heavy (non-hydrogen) atoms. The van der Waals surface area contributed by atoms with Gasteiger partial charge in [-0.1, -0.05) is 41.4 Å². The van der Waals surface area contributed by atoms with E-state index in [0.717, 1.165) is 24.2 Å². The van der Waals surface area contributed by atoms with E-state index >= 15 is 0 Å². The number of rotatable bonds is 4. The Kier molecular flexibility index (Phi) is 4.02. The van der Waals surface area contributed by atoms with Crippen molar-refractivity contribution in [3.63, 3.8) is 0 Å². The first-order chi connectivity index (χ1) is 10.6. The quantitative estimate of drug-likeness (QED) is 0.881. The predicted molar refractivity (Wildman–Crippen MR) is 89.0 cm³/mol. The molecule has 1 saturated carbocycles. The molecule has 0 atom stereocenters. The first-order valence-electron chi connectivity index (χ1n) is 6.97. The Morgan fingerprint density at radius 1 is 1.09 bits per heavy atom. The summed E-state index contributed by atoms with van der Waals surface area (Å²) in [7, 11) is 1.62. The average Bonchev–Trinajstić information content (AvgIpc) is 3.33. The van der Waals surface area contributed by atoms with Crippen LogP contribution in [0.3, 0.4) is 0 Å². The van der Waals surface area contributed by atoms with Gasteiger partial charge in [0.25, 0.3) is 0 Å². The van der Waals surface area contributed by atoms with Gasteiger partial charge in [-0.05, 0) is 42.7 Å². The number of amides is 1. The second kappa shape index (κ2) is 5.82. The number of para-hydroxylation sites is 1. The Labute approximate surface area is 139 Å². The van der Waals surface area contributed by atoms with Crippen molar-refractivity contribution in [2.45, 2.75) is 18.3 Å². The highest BCUT2D eigenvalue weighted by atomic mass is 35.5. The van der Waals surface area contributed by atoms with Gasteiger partial charge in [-0.15, -0.1) is 0 Å². The van der Waals surface area contributed by atoms with Gasteiger partial charge in [0.2, 0.25) is 5.91 Å². The number of halogens is 2. The van der Waals surface area contributed by atoms with Gasteiger partial charge in [-0.2, -0.15) is 0 Å². The number of carbonyl (C=O) groups excluding carboxylic acids is 1. The van der Waals surface area contributed by atoms with E-state index in [4.69, 9.17) is 27.9 Å². The molecular formula is C17H15Cl2NO2. The van der Waals surface area contributed by atoms with Crippen LogP contribution in [-0.4, -0.2) is 13.0 Å². The number of hydrogen-bond acceptors (Lipinski definition) is 2. The first-order valence-corrected chi connectivity index (χ1v) is 7.72. The Hall–Kier alpha value is -1.71. The fraction of sp³-hybridized carbons (Fsp3) is 0.235. The van der Waals surface area contributed by atoms with Crippen molar-refractivity contribution in [1.82, 2.24) is 0 Å². The number of hydrogen-bond donors (Lipinski definition) is 1. The van der Waals surface area contributed by atoms with Gasteiger partial charge in [0, 0.05) is 0 Å². The molecule has 114 valence electrons. The lowest BCUT2D eigenvalue weighted by Crippen LogP contribution is -2.28. The summed E-state index contributed by atoms with van der Waals surface area (Å²) in [6.45, 7) is 0. The summed E-state index contributed by atoms with van der Waals surface area (Å²) in [6, 6.07) is 12.7. The van der Waals surface area contributed by atoms with E-state index in [9.17, 15) is 4.79 Å². The van der Waals surface area contributed by atoms with Crippen LogP contribution in [0.4, 0.5) is 5.69 Å². The molecule has 1 fully saturated rings. The van der Waals surface area contributed by atoms with Crippen molar-refractivity contribution >= 4 is 34.8 Å². The van der Waals surface area contributed by atoms with Gasteiger partial charge in [0.1, 0.15) is 5.75 Å². The predicted octanol–water partition coefficient (Wildman–Crippen LogP) is 4.67. The average molecular weight is 336 g/mol. The van der Waals surface area contributed by atoms with Crippen LogP contribution in [0, 0.1) is 0 Å². The molecule has 0 saturated heterocycles. The first kappa shape index (κ1) is 15.2. The van der Waals surface area contributed by atoms with Gasteiger partial charge < -0.3 is 10.1 Å². The van der Waals surface area contributed by atoms with E-state index in [1.54, 1.807) is 25.3 Å². The Morgan fingerprint density at radius 3 is 2.18 bits per heavy atom. The molecule has 2 aromatic carbocycles. The summed E-state index contributed by atoms with van der Waals surface area (Å²) in [4.78, 5) is 12.7. The summed E-state index contributed by atoms with van der Waals surface area (Å²) >= 11 is 12.2. The molecule has 5 heteroatoms. The lowest BCUT2D eigenvalue weighted by molar-refractivity contribution is -0.118. The second-order valence-corrected chi connectivity index (χ2v) is 6.18. The van der Waals surface area contributed by atoms with Crippen molar-refractivity contribution < 1.29 is 9.53 Å². The molecule has 1 aliphatic rings. The highest BCUT2D eigenvalue weighted by Gasteiger charge is 2.51. The number of benzene rings is 2. The number of anilines is 1. The van der Waals surface area contributed by atoms with E-state index in [1.165, 1.54) is 0 Å². The molecular weight excluding hydrogens is 321 g/mol. The monoisotopic (exact) mass is 335 g/mol. The van der Waals surface area contributed by atoms with Crippen LogP contribution in [0.5, 0.6) is 5.75 Å². The van der Waals surface area contributed by atoms with Crippen LogP contribution >= 0.6 is 23.2 Å². The van der Waals surface area contributed by atoms with Gasteiger partial charge in [-0.25, -0.2) is 0 Å². The van der Waals surface area contributed by atoms with Crippen molar-refractivity contribution in [3.8, 4) is 5.75 Å². The fourth-order valence-electron chi connectivity index (χ4n) is 2.53. The molecule has 1 N–H and O–H groups in total. The normalized spacial score (nSPS) is 15.2. The third kappa shape index (κ3) is 2.67. The lowest BCUT2D eigenvalue weighted by Gasteiger charge is -2.17. The molecule has 3 rings (SSSR count). The van der Waals surface area contributed by atoms with Crippen molar-refractivity contribution in [2.75, 3.05) is 12.4 Å². The third-order valence-electron chi connectivity index (χ3n) is 4.03. The highest BCUT2D eigenvalue weighted by Crippen LogP contribution is 2.49. The van der Waals surface area contributed by atoms with Crippen molar-refractivity contribution in [3.05, 3.63) is 58.1 Å². The number of carbonyl (C=O) groups is 1. The van der Waals surface area contributed by atoms with Gasteiger partial charge >= 0.3 is 0 Å². The molecule has 0 aromatic heterocycles. The van der Waals surface area contributed by atoms with Crippen LogP contribution in [0.1, 0.15) is 18.4 Å². The smallest absolute Gasteiger partial charge is 0.235 e. The molecule has 1 aliphatic carbocycles. The van der Waals surface area contributed by atoms with Crippen LogP contribution in [0.25, 0.3) is 0 Å². The Morgan fingerprint density at radius 2 is 1.68 bits per heavy atom. The Balaban J connectivity index is 1.85. The topological polar surface area (TPSA) is 38.3 Å². The molecule has 3 nitrogen and oxygen atoms in total. The maximum Gasteiger partial charge on any atom is 0.235 e. The summed E-state index contributed by atoms with van der Waals surface area (Å²) in [6.07, 6.45) is 1.63. The second-order valence-electron chi connectivity index (χ2n) is 5.36. The summed E-state index contributed by atoms with van der Waals surface area (Å²) in [5, 5.41) is 3.75. The minimum atomic E-state index is -0.491. The maximum absolute atomic E-state index is 12.7. The minimum Gasteiger partial charge on any atom is -0.497 e. The number of ether oxygens (including phenoxy) is 1. The third-order valence-corrected chi connectivity index (χ3v) is 4.66. The van der Waals surface area contributed by atoms with Crippen LogP contribution in [0.2, 0.25) is 10.0 Å². The minimum absolute atomic E-state index is 0.0762. The lowest BCUT2D eigenvalue weighted by atomic mass is 9.95. The van der Waals surface area contributed by atoms with E-state index in [1.807, 2.05) is 24.3 Å². The summed E-state index contributed by atoms with van der Waals surface area (Å²) in [5.41, 5.74) is 0.957. The van der Waals surface area contributed by atoms with Crippen LogP contribution < -0.4 is 10.1 Å². The molecule has 0 bridgehead atoms. The molecule has 0 unspecified atom stereocenters. The van der Waals surface area contributed by atoms with E-state index in [0.29, 0.717) is 15.7 Å². The largest absolute Gasteiger partial charge is 0.497 e. The van der Waals surface area contributed by atoms with Crippen LogP contribution in [0.15, 0.2) is 42.5 Å². The molecule has 1 amide bonds. The summed E-state index contributed by atoms with van der Waals surface area (Å²) < 4.78 is 5.15. The van der Waals surface area contributed by atoms with E-state index in [-0.39, 0.29) is 5.91 Å². The SMILES string of the molecule is COc1ccc(C2(C(=O)Nc3c(Cl)cccc3Cl)CC2)cc1. The zero-order valence-electron chi connectivity index (χ0n) is 12.0. The van der Waals surface area contributed by atoms with Gasteiger partial charge in [0.15, 0.2) is 0 Å².